The fourth-order valence-corrected chi connectivity index (χ4v) is 5.26. The fourth-order valence-electron chi connectivity index (χ4n) is 3.02. The van der Waals surface area contributed by atoms with Gasteiger partial charge in [0.1, 0.15) is 6.61 Å². The van der Waals surface area contributed by atoms with E-state index in [9.17, 15) is 18.0 Å². The van der Waals surface area contributed by atoms with E-state index in [0.29, 0.717) is 44.8 Å². The molecule has 29 heavy (non-hydrogen) atoms. The normalized spacial score (nSPS) is 15.3. The van der Waals surface area contributed by atoms with Gasteiger partial charge in [-0.3, -0.25) is 9.59 Å². The largest absolute Gasteiger partial charge is 0.461 e. The number of nitrogens with zero attached hydrogens (tertiary/aromatic N) is 2. The van der Waals surface area contributed by atoms with E-state index in [1.165, 1.54) is 16.4 Å². The number of sulfonamides is 1. The molecule has 1 aromatic heterocycles. The van der Waals surface area contributed by atoms with E-state index in [0.717, 1.165) is 17.0 Å². The number of ether oxygens (including phenoxy) is 2. The monoisotopic (exact) mass is 440 g/mol. The molecule has 0 radical (unpaired) electrons. The minimum Gasteiger partial charge on any atom is -0.461 e. The van der Waals surface area contributed by atoms with Crippen molar-refractivity contribution >= 4 is 27.3 Å². The number of carbonyl (C=O) groups is 1. The maximum atomic E-state index is 12.7. The molecule has 3 rings (SSSR count). The third-order valence-electron chi connectivity index (χ3n) is 4.65. The predicted molar refractivity (Wildman–Crippen MR) is 108 cm³/mol. The average molecular weight is 441 g/mol. The van der Waals surface area contributed by atoms with Gasteiger partial charge < -0.3 is 14.0 Å². The predicted octanol–water partition coefficient (Wildman–Crippen LogP) is 1.76. The molecule has 1 fully saturated rings. The van der Waals surface area contributed by atoms with Crippen LogP contribution in [0.5, 0.6) is 0 Å². The van der Waals surface area contributed by atoms with E-state index >= 15 is 0 Å². The maximum absolute atomic E-state index is 12.7. The summed E-state index contributed by atoms with van der Waals surface area (Å²) in [6.45, 7) is 3.75. The minimum absolute atomic E-state index is 0.00271. The number of aromatic nitrogens is 1. The van der Waals surface area contributed by atoms with Crippen molar-refractivity contribution in [1.29, 1.82) is 0 Å². The Kier molecular flexibility index (Phi) is 7.23. The van der Waals surface area contributed by atoms with Crippen molar-refractivity contribution in [3.63, 3.8) is 0 Å². The SMILES string of the molecule is Cc1csc(=O)n1CCCC(=O)OCc1cccc(S(=O)(=O)N2CCOCC2)c1. The highest BCUT2D eigenvalue weighted by molar-refractivity contribution is 7.89. The van der Waals surface area contributed by atoms with Crippen molar-refractivity contribution in [1.82, 2.24) is 8.87 Å². The number of aryl methyl sites for hydroxylation is 1. The zero-order chi connectivity index (χ0) is 20.9. The number of carbonyl (C=O) groups excluding carboxylic acids is 1. The molecule has 1 aromatic carbocycles. The second kappa shape index (κ2) is 9.66. The van der Waals surface area contributed by atoms with Crippen molar-refractivity contribution in [2.45, 2.75) is 37.8 Å². The molecule has 1 saturated heterocycles. The van der Waals surface area contributed by atoms with E-state index in [2.05, 4.69) is 0 Å². The van der Waals surface area contributed by atoms with Crippen LogP contribution in [-0.4, -0.2) is 49.6 Å². The smallest absolute Gasteiger partial charge is 0.307 e. The maximum Gasteiger partial charge on any atom is 0.307 e. The molecule has 0 N–H and O–H groups in total. The molecule has 2 aromatic rings. The highest BCUT2D eigenvalue weighted by Crippen LogP contribution is 2.19. The van der Waals surface area contributed by atoms with E-state index < -0.39 is 10.0 Å². The van der Waals surface area contributed by atoms with Gasteiger partial charge in [0, 0.05) is 37.1 Å². The van der Waals surface area contributed by atoms with Crippen LogP contribution in [0.2, 0.25) is 0 Å². The molecule has 10 heteroatoms. The Bertz CT molecular complexity index is 1010. The molecule has 0 spiro atoms. The minimum atomic E-state index is -3.59. The van der Waals surface area contributed by atoms with E-state index in [-0.39, 0.29) is 28.8 Å². The molecule has 0 atom stereocenters. The van der Waals surface area contributed by atoms with Crippen molar-refractivity contribution in [3.8, 4) is 0 Å². The summed E-state index contributed by atoms with van der Waals surface area (Å²) < 4.78 is 39.0. The number of morpholine rings is 1. The zero-order valence-corrected chi connectivity index (χ0v) is 17.8. The first kappa shape index (κ1) is 21.7. The van der Waals surface area contributed by atoms with Crippen LogP contribution < -0.4 is 4.87 Å². The molecule has 0 bridgehead atoms. The number of thiazole rings is 1. The summed E-state index contributed by atoms with van der Waals surface area (Å²) in [6.07, 6.45) is 0.690. The van der Waals surface area contributed by atoms with Crippen LogP contribution in [0.15, 0.2) is 39.3 Å². The summed E-state index contributed by atoms with van der Waals surface area (Å²) in [5.74, 6) is -0.382. The standard InChI is InChI=1S/C19H24N2O6S2/c1-15-14-28-19(23)21(15)7-3-6-18(22)27-13-16-4-2-5-17(12-16)29(24,25)20-8-10-26-11-9-20/h2,4-5,12,14H,3,6-11,13H2,1H3. The number of hydrogen-bond acceptors (Lipinski definition) is 7. The summed E-state index contributed by atoms with van der Waals surface area (Å²) in [7, 11) is -3.59. The highest BCUT2D eigenvalue weighted by Gasteiger charge is 2.26. The second-order valence-corrected chi connectivity index (χ2v) is 9.48. The first-order valence-corrected chi connectivity index (χ1v) is 11.7. The zero-order valence-electron chi connectivity index (χ0n) is 16.2. The highest BCUT2D eigenvalue weighted by atomic mass is 32.2. The quantitative estimate of drug-likeness (QED) is 0.581. The van der Waals surface area contributed by atoms with Crippen molar-refractivity contribution in [2.24, 2.45) is 0 Å². The van der Waals surface area contributed by atoms with Gasteiger partial charge in [-0.05, 0) is 31.0 Å². The van der Waals surface area contributed by atoms with E-state index in [4.69, 9.17) is 9.47 Å². The van der Waals surface area contributed by atoms with E-state index in [1.54, 1.807) is 22.1 Å². The Balaban J connectivity index is 1.52. The lowest BCUT2D eigenvalue weighted by Crippen LogP contribution is -2.40. The lowest BCUT2D eigenvalue weighted by Gasteiger charge is -2.26. The summed E-state index contributed by atoms with van der Waals surface area (Å²) in [5, 5.41) is 1.79. The lowest BCUT2D eigenvalue weighted by molar-refractivity contribution is -0.145. The Morgan fingerprint density at radius 2 is 2.03 bits per heavy atom. The molecule has 1 aliphatic heterocycles. The molecule has 0 amide bonds. The van der Waals surface area contributed by atoms with Crippen molar-refractivity contribution in [2.75, 3.05) is 26.3 Å². The average Bonchev–Trinajstić information content (AvgIpc) is 3.05. The second-order valence-electron chi connectivity index (χ2n) is 6.72. The Hall–Kier alpha value is -2.01. The van der Waals surface area contributed by atoms with E-state index in [1.807, 2.05) is 6.92 Å². The van der Waals surface area contributed by atoms with Gasteiger partial charge in [-0.15, -0.1) is 0 Å². The number of hydrogen-bond donors (Lipinski definition) is 0. The molecule has 1 aliphatic rings. The molecular weight excluding hydrogens is 416 g/mol. The fraction of sp³-hybridized carbons (Fsp3) is 0.474. The molecule has 2 heterocycles. The van der Waals surface area contributed by atoms with Gasteiger partial charge in [0.25, 0.3) is 0 Å². The van der Waals surface area contributed by atoms with Crippen LogP contribution in [-0.2, 0) is 37.4 Å². The van der Waals surface area contributed by atoms with Crippen LogP contribution in [0.1, 0.15) is 24.1 Å². The van der Waals surface area contributed by atoms with Crippen molar-refractivity contribution in [3.05, 3.63) is 50.6 Å². The topological polar surface area (TPSA) is 94.9 Å². The van der Waals surface area contributed by atoms with Gasteiger partial charge in [0.05, 0.1) is 18.1 Å². The summed E-state index contributed by atoms with van der Waals surface area (Å²) >= 11 is 1.14. The van der Waals surface area contributed by atoms with Crippen LogP contribution in [0.4, 0.5) is 0 Å². The van der Waals surface area contributed by atoms with Crippen LogP contribution >= 0.6 is 11.3 Å². The first-order chi connectivity index (χ1) is 13.9. The van der Waals surface area contributed by atoms with Gasteiger partial charge in [-0.1, -0.05) is 23.5 Å². The van der Waals surface area contributed by atoms with Crippen LogP contribution in [0.25, 0.3) is 0 Å². The van der Waals surface area contributed by atoms with Crippen molar-refractivity contribution < 1.29 is 22.7 Å². The molecule has 8 nitrogen and oxygen atoms in total. The first-order valence-electron chi connectivity index (χ1n) is 9.35. The summed E-state index contributed by atoms with van der Waals surface area (Å²) in [4.78, 5) is 23.8. The third-order valence-corrected chi connectivity index (χ3v) is 7.42. The number of benzene rings is 1. The summed E-state index contributed by atoms with van der Waals surface area (Å²) in [6, 6.07) is 6.44. The lowest BCUT2D eigenvalue weighted by atomic mass is 10.2. The summed E-state index contributed by atoms with van der Waals surface area (Å²) in [5.41, 5.74) is 1.49. The Labute approximate surface area is 173 Å². The number of esters is 1. The van der Waals surface area contributed by atoms with Gasteiger partial charge in [-0.2, -0.15) is 4.31 Å². The third kappa shape index (κ3) is 5.53. The van der Waals surface area contributed by atoms with Gasteiger partial charge in [0.15, 0.2) is 0 Å². The molecular formula is C19H24N2O6S2. The molecule has 0 unspecified atom stereocenters. The van der Waals surface area contributed by atoms with Gasteiger partial charge in [-0.25, -0.2) is 8.42 Å². The van der Waals surface area contributed by atoms with Gasteiger partial charge >= 0.3 is 10.8 Å². The Morgan fingerprint density at radius 3 is 2.72 bits per heavy atom. The van der Waals surface area contributed by atoms with Crippen LogP contribution in [0.3, 0.4) is 0 Å². The molecule has 0 saturated carbocycles. The number of rotatable bonds is 8. The molecule has 0 aliphatic carbocycles. The molecule has 158 valence electrons. The van der Waals surface area contributed by atoms with Crippen LogP contribution in [0, 0.1) is 6.92 Å². The Morgan fingerprint density at radius 1 is 1.28 bits per heavy atom. The van der Waals surface area contributed by atoms with Gasteiger partial charge in [0.2, 0.25) is 10.0 Å².